The van der Waals surface area contributed by atoms with Crippen LogP contribution in [0, 0.1) is 5.92 Å². The molecule has 130 valence electrons. The number of anilines is 1. The molecule has 0 bridgehead atoms. The van der Waals surface area contributed by atoms with Crippen molar-refractivity contribution in [2.24, 2.45) is 5.92 Å². The van der Waals surface area contributed by atoms with E-state index < -0.39 is 35.2 Å². The number of nitrogens with zero attached hydrogens (tertiary/aromatic N) is 1. The van der Waals surface area contributed by atoms with Gasteiger partial charge in [-0.15, -0.1) is 0 Å². The lowest BCUT2D eigenvalue weighted by Crippen LogP contribution is -2.21. The van der Waals surface area contributed by atoms with Gasteiger partial charge in [0.15, 0.2) is 5.69 Å². The van der Waals surface area contributed by atoms with Gasteiger partial charge >= 0.3 is 6.18 Å². The molecular formula is C17H18F4N2O. The maximum atomic E-state index is 13.3. The van der Waals surface area contributed by atoms with E-state index in [2.05, 4.69) is 16.9 Å². The first-order valence-electron chi connectivity index (χ1n) is 7.15. The van der Waals surface area contributed by atoms with Gasteiger partial charge in [-0.2, -0.15) is 13.2 Å². The molecule has 1 rings (SSSR count). The highest BCUT2D eigenvalue weighted by atomic mass is 19.4. The number of carbonyl (C=O) groups excluding carboxylic acids is 1. The van der Waals surface area contributed by atoms with Gasteiger partial charge in [-0.25, -0.2) is 9.37 Å². The van der Waals surface area contributed by atoms with Gasteiger partial charge in [-0.3, -0.25) is 4.79 Å². The van der Waals surface area contributed by atoms with Crippen molar-refractivity contribution in [2.75, 3.05) is 5.32 Å². The molecule has 0 unspecified atom stereocenters. The van der Waals surface area contributed by atoms with Crippen molar-refractivity contribution in [1.29, 1.82) is 0 Å². The van der Waals surface area contributed by atoms with Crippen LogP contribution >= 0.6 is 0 Å². The van der Waals surface area contributed by atoms with Crippen LogP contribution in [0.3, 0.4) is 0 Å². The molecule has 0 saturated heterocycles. The Labute approximate surface area is 137 Å². The first-order valence-corrected chi connectivity index (χ1v) is 7.15. The fraction of sp³-hybridized carbons (Fsp3) is 0.294. The zero-order chi connectivity index (χ0) is 18.5. The molecule has 1 amide bonds. The Bertz CT molecular complexity index is 688. The summed E-state index contributed by atoms with van der Waals surface area (Å²) in [4.78, 5) is 15.2. The van der Waals surface area contributed by atoms with Crippen molar-refractivity contribution < 1.29 is 22.4 Å². The summed E-state index contributed by atoms with van der Waals surface area (Å²) in [5.41, 5.74) is -1.57. The van der Waals surface area contributed by atoms with E-state index in [-0.39, 0.29) is 11.3 Å². The van der Waals surface area contributed by atoms with Crippen LogP contribution in [0.2, 0.25) is 0 Å². The Morgan fingerprint density at radius 3 is 2.42 bits per heavy atom. The molecule has 3 nitrogen and oxygen atoms in total. The van der Waals surface area contributed by atoms with Gasteiger partial charge < -0.3 is 5.32 Å². The molecule has 0 aliphatic rings. The highest BCUT2D eigenvalue weighted by molar-refractivity contribution is 5.92. The van der Waals surface area contributed by atoms with Crippen molar-refractivity contribution >= 4 is 17.2 Å². The number of hydrogen-bond donors (Lipinski definition) is 1. The fourth-order valence-electron chi connectivity index (χ4n) is 1.73. The van der Waals surface area contributed by atoms with Crippen molar-refractivity contribution in [3.63, 3.8) is 0 Å². The number of nitrogens with one attached hydrogen (secondary N) is 1. The minimum absolute atomic E-state index is 0.0654. The van der Waals surface area contributed by atoms with E-state index in [4.69, 9.17) is 0 Å². The third-order valence-electron chi connectivity index (χ3n) is 3.04. The summed E-state index contributed by atoms with van der Waals surface area (Å²) in [6.45, 7) is 7.91. The molecular weight excluding hydrogens is 324 g/mol. The first-order chi connectivity index (χ1) is 11.1. The van der Waals surface area contributed by atoms with E-state index in [0.717, 1.165) is 18.2 Å². The first kappa shape index (κ1) is 19.6. The van der Waals surface area contributed by atoms with Crippen LogP contribution in [0.4, 0.5) is 23.2 Å². The van der Waals surface area contributed by atoms with Gasteiger partial charge in [0.05, 0.1) is 11.4 Å². The average molecular weight is 342 g/mol. The summed E-state index contributed by atoms with van der Waals surface area (Å²) in [6.07, 6.45) is -1.37. The Balaban J connectivity index is 3.39. The number of aromatic nitrogens is 1. The third kappa shape index (κ3) is 5.04. The molecule has 0 fully saturated rings. The minimum atomic E-state index is -4.77. The van der Waals surface area contributed by atoms with Crippen molar-refractivity contribution in [2.45, 2.75) is 26.9 Å². The SMILES string of the molecule is C=C/C(F)=C\C(=C/C)c1ccc(NC(=O)C(C)C)c(C(F)(F)F)n1. The van der Waals surface area contributed by atoms with Crippen LogP contribution in [0.25, 0.3) is 5.57 Å². The number of halogens is 4. The lowest BCUT2D eigenvalue weighted by Gasteiger charge is -2.15. The van der Waals surface area contributed by atoms with Gasteiger partial charge in [0.25, 0.3) is 0 Å². The largest absolute Gasteiger partial charge is 0.435 e. The Morgan fingerprint density at radius 1 is 1.33 bits per heavy atom. The van der Waals surface area contributed by atoms with Gasteiger partial charge in [-0.05, 0) is 36.8 Å². The van der Waals surface area contributed by atoms with Crippen LogP contribution in [0.15, 0.2) is 42.8 Å². The summed E-state index contributed by atoms with van der Waals surface area (Å²) < 4.78 is 53.0. The van der Waals surface area contributed by atoms with Gasteiger partial charge in [0.2, 0.25) is 5.91 Å². The topological polar surface area (TPSA) is 42.0 Å². The molecule has 0 atom stereocenters. The standard InChI is InChI=1S/C17H18F4N2O/c1-5-11(9-12(18)6-2)13-7-8-14(23-16(24)10(3)4)15(22-13)17(19,20)21/h5-10H,2H2,1,3-4H3,(H,23,24)/b11-5+,12-9+. The Hall–Kier alpha value is -2.44. The molecule has 0 aromatic carbocycles. The average Bonchev–Trinajstić information content (AvgIpc) is 2.51. The second-order valence-electron chi connectivity index (χ2n) is 5.21. The molecule has 0 aliphatic heterocycles. The lowest BCUT2D eigenvalue weighted by atomic mass is 10.1. The number of carbonyl (C=O) groups is 1. The summed E-state index contributed by atoms with van der Waals surface area (Å²) in [5, 5.41) is 2.21. The molecule has 0 aliphatic carbocycles. The molecule has 24 heavy (non-hydrogen) atoms. The molecule has 1 N–H and O–H groups in total. The van der Waals surface area contributed by atoms with Crippen LogP contribution in [-0.4, -0.2) is 10.9 Å². The number of rotatable bonds is 5. The number of hydrogen-bond acceptors (Lipinski definition) is 2. The molecule has 0 saturated carbocycles. The molecule has 7 heteroatoms. The Kier molecular flexibility index (Phi) is 6.45. The second kappa shape index (κ2) is 7.90. The zero-order valence-corrected chi connectivity index (χ0v) is 13.5. The predicted molar refractivity (Wildman–Crippen MR) is 85.7 cm³/mol. The summed E-state index contributed by atoms with van der Waals surface area (Å²) in [7, 11) is 0. The van der Waals surface area contributed by atoms with E-state index in [0.29, 0.717) is 0 Å². The monoisotopic (exact) mass is 342 g/mol. The maximum absolute atomic E-state index is 13.3. The van der Waals surface area contributed by atoms with E-state index >= 15 is 0 Å². The number of pyridine rings is 1. The maximum Gasteiger partial charge on any atom is 0.435 e. The molecule has 1 heterocycles. The Morgan fingerprint density at radius 2 is 1.96 bits per heavy atom. The van der Waals surface area contributed by atoms with Crippen LogP contribution in [0.5, 0.6) is 0 Å². The molecule has 0 radical (unpaired) electrons. The smallest absolute Gasteiger partial charge is 0.324 e. The van der Waals surface area contributed by atoms with E-state index in [1.807, 2.05) is 0 Å². The van der Waals surface area contributed by atoms with Crippen molar-refractivity contribution in [1.82, 2.24) is 4.98 Å². The van der Waals surface area contributed by atoms with E-state index in [1.165, 1.54) is 12.1 Å². The lowest BCUT2D eigenvalue weighted by molar-refractivity contribution is -0.140. The van der Waals surface area contributed by atoms with E-state index in [9.17, 15) is 22.4 Å². The minimum Gasteiger partial charge on any atom is -0.324 e. The van der Waals surface area contributed by atoms with Crippen LogP contribution in [-0.2, 0) is 11.0 Å². The molecule has 1 aromatic heterocycles. The van der Waals surface area contributed by atoms with Gasteiger partial charge in [0.1, 0.15) is 5.83 Å². The highest BCUT2D eigenvalue weighted by Crippen LogP contribution is 2.34. The highest BCUT2D eigenvalue weighted by Gasteiger charge is 2.36. The molecule has 0 spiro atoms. The van der Waals surface area contributed by atoms with Crippen LogP contribution < -0.4 is 5.32 Å². The summed E-state index contributed by atoms with van der Waals surface area (Å²) in [5.74, 6) is -1.74. The zero-order valence-electron chi connectivity index (χ0n) is 13.5. The van der Waals surface area contributed by atoms with Gasteiger partial charge in [-0.1, -0.05) is 26.5 Å². The van der Waals surface area contributed by atoms with Crippen molar-refractivity contribution in [3.8, 4) is 0 Å². The second-order valence-corrected chi connectivity index (χ2v) is 5.21. The summed E-state index contributed by atoms with van der Waals surface area (Å²) in [6, 6.07) is 2.39. The number of alkyl halides is 3. The normalized spacial score (nSPS) is 13.2. The fourth-order valence-corrected chi connectivity index (χ4v) is 1.73. The van der Waals surface area contributed by atoms with Crippen molar-refractivity contribution in [3.05, 3.63) is 54.2 Å². The third-order valence-corrected chi connectivity index (χ3v) is 3.04. The predicted octanol–water partition coefficient (Wildman–Crippen LogP) is 5.14. The van der Waals surface area contributed by atoms with Crippen LogP contribution in [0.1, 0.15) is 32.2 Å². The summed E-state index contributed by atoms with van der Waals surface area (Å²) >= 11 is 0. The molecule has 1 aromatic rings. The van der Waals surface area contributed by atoms with E-state index in [1.54, 1.807) is 20.8 Å². The number of allylic oxidation sites excluding steroid dienone is 5. The quantitative estimate of drug-likeness (QED) is 0.595. The number of amides is 1. The van der Waals surface area contributed by atoms with Gasteiger partial charge in [0, 0.05) is 5.92 Å².